The Balaban J connectivity index is 2.25. The van der Waals surface area contributed by atoms with E-state index in [1.165, 1.54) is 4.57 Å². The maximum absolute atomic E-state index is 12.4. The van der Waals surface area contributed by atoms with Crippen molar-refractivity contribution in [3.63, 3.8) is 0 Å². The summed E-state index contributed by atoms with van der Waals surface area (Å²) in [7, 11) is 0. The highest BCUT2D eigenvalue weighted by atomic mass is 16.6. The minimum atomic E-state index is -0.580. The molecule has 0 N–H and O–H groups in total. The Morgan fingerprint density at radius 2 is 1.80 bits per heavy atom. The molecule has 2 rings (SSSR count). The first kappa shape index (κ1) is 14.6. The van der Waals surface area contributed by atoms with E-state index >= 15 is 0 Å². The second-order valence-corrected chi connectivity index (χ2v) is 6.25. The van der Waals surface area contributed by atoms with Gasteiger partial charge in [-0.3, -0.25) is 4.79 Å². The molecule has 1 fully saturated rings. The molecule has 0 atom stereocenters. The Morgan fingerprint density at radius 1 is 1.20 bits per heavy atom. The third-order valence-corrected chi connectivity index (χ3v) is 3.16. The van der Waals surface area contributed by atoms with Crippen molar-refractivity contribution in [2.75, 3.05) is 13.1 Å². The molecule has 1 saturated heterocycles. The summed E-state index contributed by atoms with van der Waals surface area (Å²) < 4.78 is 6.66. The molecule has 0 aromatic carbocycles. The highest BCUT2D eigenvalue weighted by Gasteiger charge is 2.26. The zero-order valence-electron chi connectivity index (χ0n) is 12.6. The molecule has 0 saturated carbocycles. The molecule has 110 valence electrons. The van der Waals surface area contributed by atoms with Crippen molar-refractivity contribution >= 4 is 12.0 Å². The number of amides is 1. The van der Waals surface area contributed by atoms with Crippen LogP contribution in [-0.2, 0) is 4.74 Å². The molecule has 2 heterocycles. The van der Waals surface area contributed by atoms with Gasteiger partial charge in [0, 0.05) is 19.3 Å². The maximum Gasteiger partial charge on any atom is 0.419 e. The number of rotatable bonds is 1. The van der Waals surface area contributed by atoms with Crippen LogP contribution in [0, 0.1) is 6.92 Å². The average Bonchev–Trinajstić information content (AvgIpc) is 2.94. The molecule has 0 radical (unpaired) electrons. The molecule has 1 aliphatic rings. The first-order valence-electron chi connectivity index (χ1n) is 6.99. The third kappa shape index (κ3) is 3.21. The predicted molar refractivity (Wildman–Crippen MR) is 75.9 cm³/mol. The van der Waals surface area contributed by atoms with Crippen molar-refractivity contribution in [3.05, 3.63) is 23.5 Å². The zero-order valence-corrected chi connectivity index (χ0v) is 12.6. The molecular formula is C15H22N2O3. The van der Waals surface area contributed by atoms with Crippen LogP contribution in [0.15, 0.2) is 12.3 Å². The number of nitrogens with zero attached hydrogens (tertiary/aromatic N) is 2. The third-order valence-electron chi connectivity index (χ3n) is 3.16. The van der Waals surface area contributed by atoms with Gasteiger partial charge in [0.2, 0.25) is 0 Å². The molecule has 20 heavy (non-hydrogen) atoms. The first-order chi connectivity index (χ1) is 9.28. The summed E-state index contributed by atoms with van der Waals surface area (Å²) in [5.41, 5.74) is 0.681. The van der Waals surface area contributed by atoms with Gasteiger partial charge >= 0.3 is 6.09 Å². The summed E-state index contributed by atoms with van der Waals surface area (Å²) in [5, 5.41) is 0. The summed E-state index contributed by atoms with van der Waals surface area (Å²) in [6, 6.07) is 1.74. The Kier molecular flexibility index (Phi) is 3.88. The van der Waals surface area contributed by atoms with Crippen molar-refractivity contribution in [2.24, 2.45) is 0 Å². The first-order valence-corrected chi connectivity index (χ1v) is 6.99. The van der Waals surface area contributed by atoms with E-state index in [1.54, 1.807) is 17.2 Å². The Hall–Kier alpha value is -1.78. The van der Waals surface area contributed by atoms with Gasteiger partial charge in [0.25, 0.3) is 5.91 Å². The van der Waals surface area contributed by atoms with E-state index in [-0.39, 0.29) is 5.91 Å². The highest BCUT2D eigenvalue weighted by molar-refractivity contribution is 5.96. The van der Waals surface area contributed by atoms with Gasteiger partial charge in [0.1, 0.15) is 11.3 Å². The lowest BCUT2D eigenvalue weighted by molar-refractivity contribution is 0.0518. The van der Waals surface area contributed by atoms with E-state index in [9.17, 15) is 9.59 Å². The van der Waals surface area contributed by atoms with Crippen LogP contribution in [0.1, 0.15) is 49.7 Å². The van der Waals surface area contributed by atoms with Gasteiger partial charge in [-0.1, -0.05) is 0 Å². The minimum Gasteiger partial charge on any atom is -0.443 e. The molecule has 1 aromatic heterocycles. The van der Waals surface area contributed by atoms with Crippen molar-refractivity contribution in [3.8, 4) is 0 Å². The van der Waals surface area contributed by atoms with Gasteiger partial charge in [0.15, 0.2) is 0 Å². The molecule has 0 aliphatic carbocycles. The summed E-state index contributed by atoms with van der Waals surface area (Å²) in [6.45, 7) is 8.81. The van der Waals surface area contributed by atoms with Crippen LogP contribution in [0.2, 0.25) is 0 Å². The quantitative estimate of drug-likeness (QED) is 0.793. The monoisotopic (exact) mass is 278 g/mol. The second kappa shape index (κ2) is 5.31. The fourth-order valence-electron chi connectivity index (χ4n) is 2.30. The van der Waals surface area contributed by atoms with E-state index in [2.05, 4.69) is 0 Å². The summed E-state index contributed by atoms with van der Waals surface area (Å²) in [6.07, 6.45) is 3.20. The number of ether oxygens (including phenoxy) is 1. The number of carbonyl (C=O) groups excluding carboxylic acids is 2. The topological polar surface area (TPSA) is 51.5 Å². The minimum absolute atomic E-state index is 0.0959. The molecule has 5 heteroatoms. The fraction of sp³-hybridized carbons (Fsp3) is 0.600. The Morgan fingerprint density at radius 3 is 2.35 bits per heavy atom. The number of aromatic nitrogens is 1. The number of aryl methyl sites for hydroxylation is 1. The van der Waals surface area contributed by atoms with E-state index < -0.39 is 11.7 Å². The van der Waals surface area contributed by atoms with Gasteiger partial charge in [0.05, 0.1) is 0 Å². The molecular weight excluding hydrogens is 256 g/mol. The SMILES string of the molecule is Cc1cc(C(=O)N2CCCC2)n(C(=O)OC(C)(C)C)c1. The van der Waals surface area contributed by atoms with Crippen LogP contribution >= 0.6 is 0 Å². The highest BCUT2D eigenvalue weighted by Crippen LogP contribution is 2.17. The zero-order chi connectivity index (χ0) is 14.9. The van der Waals surface area contributed by atoms with Gasteiger partial charge in [-0.25, -0.2) is 9.36 Å². The van der Waals surface area contributed by atoms with E-state index in [1.807, 2.05) is 27.7 Å². The number of hydrogen-bond acceptors (Lipinski definition) is 3. The normalized spacial score (nSPS) is 15.5. The predicted octanol–water partition coefficient (Wildman–Crippen LogP) is 2.82. The molecule has 1 aliphatic heterocycles. The summed E-state index contributed by atoms with van der Waals surface area (Å²) >= 11 is 0. The van der Waals surface area contributed by atoms with Crippen LogP contribution in [-0.4, -0.2) is 40.2 Å². The van der Waals surface area contributed by atoms with Crippen LogP contribution in [0.25, 0.3) is 0 Å². The van der Waals surface area contributed by atoms with Crippen molar-refractivity contribution in [1.82, 2.24) is 9.47 Å². The lowest BCUT2D eigenvalue weighted by Gasteiger charge is -2.21. The fourth-order valence-corrected chi connectivity index (χ4v) is 2.30. The molecule has 0 spiro atoms. The lowest BCUT2D eigenvalue weighted by atomic mass is 10.2. The van der Waals surface area contributed by atoms with E-state index in [0.29, 0.717) is 5.69 Å². The second-order valence-electron chi connectivity index (χ2n) is 6.25. The molecule has 5 nitrogen and oxygen atoms in total. The standard InChI is InChI=1S/C15H22N2O3/c1-11-9-12(13(18)16-7-5-6-8-16)17(10-11)14(19)20-15(2,3)4/h9-10H,5-8H2,1-4H3. The Labute approximate surface area is 119 Å². The smallest absolute Gasteiger partial charge is 0.419 e. The molecule has 0 unspecified atom stereocenters. The van der Waals surface area contributed by atoms with Gasteiger partial charge in [-0.15, -0.1) is 0 Å². The number of hydrogen-bond donors (Lipinski definition) is 0. The van der Waals surface area contributed by atoms with Gasteiger partial charge in [-0.05, 0) is 52.2 Å². The number of carbonyl (C=O) groups is 2. The van der Waals surface area contributed by atoms with Crippen molar-refractivity contribution in [1.29, 1.82) is 0 Å². The van der Waals surface area contributed by atoms with Crippen molar-refractivity contribution < 1.29 is 14.3 Å². The maximum atomic E-state index is 12.4. The lowest BCUT2D eigenvalue weighted by Crippen LogP contribution is -2.33. The largest absolute Gasteiger partial charge is 0.443 e. The summed E-state index contributed by atoms with van der Waals surface area (Å²) in [4.78, 5) is 26.4. The molecule has 1 amide bonds. The van der Waals surface area contributed by atoms with Crippen LogP contribution in [0.4, 0.5) is 4.79 Å². The van der Waals surface area contributed by atoms with Crippen LogP contribution in [0.3, 0.4) is 0 Å². The Bertz CT molecular complexity index is 520. The van der Waals surface area contributed by atoms with Crippen LogP contribution in [0.5, 0.6) is 0 Å². The molecule has 0 bridgehead atoms. The van der Waals surface area contributed by atoms with Gasteiger partial charge < -0.3 is 9.64 Å². The van der Waals surface area contributed by atoms with Gasteiger partial charge in [-0.2, -0.15) is 0 Å². The van der Waals surface area contributed by atoms with Crippen LogP contribution < -0.4 is 0 Å². The summed E-state index contributed by atoms with van der Waals surface area (Å²) in [5.74, 6) is -0.0959. The number of likely N-dealkylation sites (tertiary alicyclic amines) is 1. The van der Waals surface area contributed by atoms with Crippen molar-refractivity contribution in [2.45, 2.75) is 46.1 Å². The van der Waals surface area contributed by atoms with E-state index in [0.717, 1.165) is 31.5 Å². The average molecular weight is 278 g/mol. The van der Waals surface area contributed by atoms with E-state index in [4.69, 9.17) is 4.74 Å². The molecule has 1 aromatic rings.